The minimum atomic E-state index is -0.405. The average Bonchev–Trinajstić information content (AvgIpc) is 2.09. The molecule has 0 atom stereocenters. The minimum Gasteiger partial charge on any atom is -0.370 e. The van der Waals surface area contributed by atoms with Crippen LogP contribution in [-0.2, 0) is 9.59 Å². The summed E-state index contributed by atoms with van der Waals surface area (Å²) < 4.78 is 0. The SMILES string of the molecule is CCC=CCCC(=O)CCC(N)=O. The highest BCUT2D eigenvalue weighted by Crippen LogP contribution is 1.99. The van der Waals surface area contributed by atoms with Crippen molar-refractivity contribution in [2.24, 2.45) is 5.73 Å². The van der Waals surface area contributed by atoms with E-state index in [-0.39, 0.29) is 18.6 Å². The summed E-state index contributed by atoms with van der Waals surface area (Å²) in [6.45, 7) is 2.05. The molecule has 0 aliphatic heterocycles. The fraction of sp³-hybridized carbons (Fsp3) is 0.600. The summed E-state index contributed by atoms with van der Waals surface area (Å²) in [7, 11) is 0. The first-order valence-electron chi connectivity index (χ1n) is 4.61. The molecule has 0 unspecified atom stereocenters. The first-order chi connectivity index (χ1) is 6.16. The summed E-state index contributed by atoms with van der Waals surface area (Å²) in [4.78, 5) is 21.4. The molecule has 0 radical (unpaired) electrons. The van der Waals surface area contributed by atoms with Crippen molar-refractivity contribution < 1.29 is 9.59 Å². The summed E-state index contributed by atoms with van der Waals surface area (Å²) in [5.74, 6) is -0.294. The minimum absolute atomic E-state index is 0.111. The Morgan fingerprint density at radius 2 is 1.85 bits per heavy atom. The van der Waals surface area contributed by atoms with Crippen LogP contribution in [0.15, 0.2) is 12.2 Å². The van der Waals surface area contributed by atoms with Crippen LogP contribution in [0.5, 0.6) is 0 Å². The first kappa shape index (κ1) is 11.9. The summed E-state index contributed by atoms with van der Waals surface area (Å²) in [6, 6.07) is 0. The lowest BCUT2D eigenvalue weighted by Gasteiger charge is -1.95. The predicted molar refractivity (Wildman–Crippen MR) is 52.1 cm³/mol. The fourth-order valence-corrected chi connectivity index (χ4v) is 0.916. The second kappa shape index (κ2) is 7.53. The van der Waals surface area contributed by atoms with Gasteiger partial charge in [0.05, 0.1) is 0 Å². The topological polar surface area (TPSA) is 60.2 Å². The summed E-state index contributed by atoms with van der Waals surface area (Å²) in [5, 5.41) is 0. The lowest BCUT2D eigenvalue weighted by atomic mass is 10.1. The van der Waals surface area contributed by atoms with Crippen LogP contribution in [0.2, 0.25) is 0 Å². The average molecular weight is 183 g/mol. The highest BCUT2D eigenvalue weighted by Gasteiger charge is 2.02. The molecule has 0 bridgehead atoms. The Morgan fingerprint density at radius 3 is 2.38 bits per heavy atom. The second-order valence-corrected chi connectivity index (χ2v) is 2.92. The molecule has 0 heterocycles. The third-order valence-corrected chi connectivity index (χ3v) is 1.64. The number of allylic oxidation sites excluding steroid dienone is 2. The van der Waals surface area contributed by atoms with E-state index in [0.29, 0.717) is 6.42 Å². The molecule has 0 aliphatic carbocycles. The van der Waals surface area contributed by atoms with Crippen LogP contribution in [0.1, 0.15) is 39.0 Å². The quantitative estimate of drug-likeness (QED) is 0.609. The predicted octanol–water partition coefficient (Wildman–Crippen LogP) is 1.57. The zero-order valence-corrected chi connectivity index (χ0v) is 8.08. The van der Waals surface area contributed by atoms with E-state index in [4.69, 9.17) is 5.73 Å². The third kappa shape index (κ3) is 8.79. The van der Waals surface area contributed by atoms with Crippen LogP contribution < -0.4 is 5.73 Å². The number of nitrogens with two attached hydrogens (primary N) is 1. The van der Waals surface area contributed by atoms with Crippen molar-refractivity contribution in [2.75, 3.05) is 0 Å². The van der Waals surface area contributed by atoms with Gasteiger partial charge in [0, 0.05) is 19.3 Å². The van der Waals surface area contributed by atoms with Crippen molar-refractivity contribution in [3.8, 4) is 0 Å². The Bertz CT molecular complexity index is 197. The molecule has 2 N–H and O–H groups in total. The van der Waals surface area contributed by atoms with Crippen molar-refractivity contribution in [2.45, 2.75) is 39.0 Å². The third-order valence-electron chi connectivity index (χ3n) is 1.64. The number of ketones is 1. The number of hydrogen-bond donors (Lipinski definition) is 1. The van der Waals surface area contributed by atoms with E-state index in [1.54, 1.807) is 0 Å². The van der Waals surface area contributed by atoms with Crippen molar-refractivity contribution in [3.05, 3.63) is 12.2 Å². The molecule has 13 heavy (non-hydrogen) atoms. The standard InChI is InChI=1S/C10H17NO2/c1-2-3-4-5-6-9(12)7-8-10(11)13/h3-4H,2,5-8H2,1H3,(H2,11,13). The maximum Gasteiger partial charge on any atom is 0.217 e. The van der Waals surface area contributed by atoms with Gasteiger partial charge in [0.1, 0.15) is 5.78 Å². The molecule has 3 nitrogen and oxygen atoms in total. The normalized spacial score (nSPS) is 10.5. The van der Waals surface area contributed by atoms with Crippen molar-refractivity contribution in [3.63, 3.8) is 0 Å². The number of amides is 1. The molecular formula is C10H17NO2. The van der Waals surface area contributed by atoms with Gasteiger partial charge in [0.15, 0.2) is 0 Å². The summed E-state index contributed by atoms with van der Waals surface area (Å²) in [5.41, 5.74) is 4.91. The van der Waals surface area contributed by atoms with Gasteiger partial charge in [-0.15, -0.1) is 0 Å². The van der Waals surface area contributed by atoms with E-state index < -0.39 is 5.91 Å². The Kier molecular flexibility index (Phi) is 6.88. The number of carbonyl (C=O) groups excluding carboxylic acids is 2. The van der Waals surface area contributed by atoms with Crippen LogP contribution in [-0.4, -0.2) is 11.7 Å². The van der Waals surface area contributed by atoms with Gasteiger partial charge in [-0.2, -0.15) is 0 Å². The number of Topliss-reactive ketones (excluding diaryl/α,β-unsaturated/α-hetero) is 1. The molecule has 0 rings (SSSR count). The van der Waals surface area contributed by atoms with Gasteiger partial charge in [-0.1, -0.05) is 19.1 Å². The zero-order valence-electron chi connectivity index (χ0n) is 8.08. The Hall–Kier alpha value is -1.12. The monoisotopic (exact) mass is 183 g/mol. The van der Waals surface area contributed by atoms with Crippen molar-refractivity contribution in [1.82, 2.24) is 0 Å². The van der Waals surface area contributed by atoms with Gasteiger partial charge in [-0.05, 0) is 12.8 Å². The van der Waals surface area contributed by atoms with Gasteiger partial charge in [0.2, 0.25) is 5.91 Å². The molecule has 0 aromatic rings. The number of carbonyl (C=O) groups is 2. The molecule has 74 valence electrons. The van der Waals surface area contributed by atoms with E-state index in [1.165, 1.54) is 0 Å². The fourth-order valence-electron chi connectivity index (χ4n) is 0.916. The Balaban J connectivity index is 3.41. The van der Waals surface area contributed by atoms with Gasteiger partial charge >= 0.3 is 0 Å². The molecule has 0 aliphatic rings. The maximum absolute atomic E-state index is 11.1. The van der Waals surface area contributed by atoms with Crippen molar-refractivity contribution in [1.29, 1.82) is 0 Å². The van der Waals surface area contributed by atoms with Crippen molar-refractivity contribution >= 4 is 11.7 Å². The zero-order chi connectivity index (χ0) is 10.1. The second-order valence-electron chi connectivity index (χ2n) is 2.92. The van der Waals surface area contributed by atoms with Crippen LogP contribution in [0.3, 0.4) is 0 Å². The van der Waals surface area contributed by atoms with Gasteiger partial charge in [0.25, 0.3) is 0 Å². The number of hydrogen-bond acceptors (Lipinski definition) is 2. The number of primary amides is 1. The van der Waals surface area contributed by atoms with Crippen LogP contribution >= 0.6 is 0 Å². The maximum atomic E-state index is 11.1. The molecule has 3 heteroatoms. The largest absolute Gasteiger partial charge is 0.370 e. The Morgan fingerprint density at radius 1 is 1.15 bits per heavy atom. The van der Waals surface area contributed by atoms with Gasteiger partial charge < -0.3 is 5.73 Å². The van der Waals surface area contributed by atoms with E-state index in [1.807, 2.05) is 19.1 Å². The molecule has 0 aromatic heterocycles. The highest BCUT2D eigenvalue weighted by molar-refractivity contribution is 5.84. The molecular weight excluding hydrogens is 166 g/mol. The molecule has 0 saturated heterocycles. The molecule has 0 saturated carbocycles. The Labute approximate surface area is 79.0 Å². The molecule has 0 aromatic carbocycles. The van der Waals surface area contributed by atoms with Gasteiger partial charge in [-0.3, -0.25) is 9.59 Å². The van der Waals surface area contributed by atoms with Crippen LogP contribution in [0, 0.1) is 0 Å². The summed E-state index contributed by atoms with van der Waals surface area (Å²) >= 11 is 0. The molecule has 1 amide bonds. The number of rotatable bonds is 7. The smallest absolute Gasteiger partial charge is 0.217 e. The lowest BCUT2D eigenvalue weighted by Crippen LogP contribution is -2.12. The van der Waals surface area contributed by atoms with E-state index >= 15 is 0 Å². The van der Waals surface area contributed by atoms with Crippen LogP contribution in [0.25, 0.3) is 0 Å². The molecule has 0 spiro atoms. The highest BCUT2D eigenvalue weighted by atomic mass is 16.1. The molecule has 0 fully saturated rings. The van der Waals surface area contributed by atoms with E-state index in [2.05, 4.69) is 0 Å². The van der Waals surface area contributed by atoms with E-state index in [0.717, 1.165) is 12.8 Å². The van der Waals surface area contributed by atoms with E-state index in [9.17, 15) is 9.59 Å². The van der Waals surface area contributed by atoms with Gasteiger partial charge in [-0.25, -0.2) is 0 Å². The van der Waals surface area contributed by atoms with Crippen LogP contribution in [0.4, 0.5) is 0 Å². The summed E-state index contributed by atoms with van der Waals surface area (Å²) in [6.07, 6.45) is 6.76. The first-order valence-corrected chi connectivity index (χ1v) is 4.61. The lowest BCUT2D eigenvalue weighted by molar-refractivity contribution is -0.123.